The molecular formula is C15H26N2O2. The van der Waals surface area contributed by atoms with Gasteiger partial charge in [-0.05, 0) is 51.8 Å². The van der Waals surface area contributed by atoms with Crippen LogP contribution in [0.4, 0.5) is 5.69 Å². The Morgan fingerprint density at radius 1 is 1.42 bits per heavy atom. The monoisotopic (exact) mass is 266 g/mol. The Labute approximate surface area is 116 Å². The molecule has 0 aromatic heterocycles. The van der Waals surface area contributed by atoms with Crippen LogP contribution in [0.1, 0.15) is 33.3 Å². The quantitative estimate of drug-likeness (QED) is 0.660. The summed E-state index contributed by atoms with van der Waals surface area (Å²) in [6.07, 6.45) is 0.861. The lowest BCUT2D eigenvalue weighted by Gasteiger charge is -2.28. The molecule has 1 rings (SSSR count). The molecule has 0 spiro atoms. The summed E-state index contributed by atoms with van der Waals surface area (Å²) < 4.78 is 5.42. The van der Waals surface area contributed by atoms with Gasteiger partial charge in [-0.25, -0.2) is 0 Å². The van der Waals surface area contributed by atoms with Gasteiger partial charge in [0.25, 0.3) is 0 Å². The van der Waals surface area contributed by atoms with Crippen molar-refractivity contribution < 1.29 is 9.84 Å². The van der Waals surface area contributed by atoms with Gasteiger partial charge in [-0.3, -0.25) is 0 Å². The van der Waals surface area contributed by atoms with Crippen molar-refractivity contribution in [2.45, 2.75) is 45.7 Å². The molecule has 0 heterocycles. The summed E-state index contributed by atoms with van der Waals surface area (Å²) in [4.78, 5) is 0. The van der Waals surface area contributed by atoms with Crippen LogP contribution in [0.3, 0.4) is 0 Å². The summed E-state index contributed by atoms with van der Waals surface area (Å²) in [5.41, 5.74) is 7.52. The molecule has 1 atom stereocenters. The number of rotatable bonds is 7. The molecule has 0 radical (unpaired) electrons. The van der Waals surface area contributed by atoms with E-state index in [-0.39, 0.29) is 18.2 Å². The number of ether oxygens (including phenoxy) is 1. The van der Waals surface area contributed by atoms with E-state index in [1.165, 1.54) is 0 Å². The van der Waals surface area contributed by atoms with Gasteiger partial charge in [0.1, 0.15) is 5.75 Å². The van der Waals surface area contributed by atoms with Crippen LogP contribution in [0.15, 0.2) is 18.2 Å². The summed E-state index contributed by atoms with van der Waals surface area (Å²) in [5, 5.41) is 12.6. The lowest BCUT2D eigenvalue weighted by atomic mass is 10.0. The minimum atomic E-state index is -0.268. The number of nitrogens with one attached hydrogen (secondary N) is 1. The van der Waals surface area contributed by atoms with Crippen LogP contribution < -0.4 is 15.8 Å². The van der Waals surface area contributed by atoms with Crippen molar-refractivity contribution in [3.8, 4) is 5.75 Å². The van der Waals surface area contributed by atoms with Crippen molar-refractivity contribution in [1.29, 1.82) is 0 Å². The molecule has 1 aromatic rings. The molecule has 4 N–H and O–H groups in total. The van der Waals surface area contributed by atoms with Gasteiger partial charge < -0.3 is 20.9 Å². The second-order valence-electron chi connectivity index (χ2n) is 5.60. The molecule has 108 valence electrons. The molecule has 1 unspecified atom stereocenters. The maximum Gasteiger partial charge on any atom is 0.142 e. The minimum Gasteiger partial charge on any atom is -0.492 e. The van der Waals surface area contributed by atoms with Crippen LogP contribution in [-0.4, -0.2) is 29.9 Å². The minimum absolute atomic E-state index is 0.114. The van der Waals surface area contributed by atoms with Gasteiger partial charge in [-0.1, -0.05) is 6.07 Å². The summed E-state index contributed by atoms with van der Waals surface area (Å²) in [6, 6.07) is 6.16. The lowest BCUT2D eigenvalue weighted by Crippen LogP contribution is -2.48. The Bertz CT molecular complexity index is 405. The first-order chi connectivity index (χ1) is 8.88. The van der Waals surface area contributed by atoms with Crippen molar-refractivity contribution in [1.82, 2.24) is 5.32 Å². The highest BCUT2D eigenvalue weighted by atomic mass is 16.5. The first-order valence-corrected chi connectivity index (χ1v) is 6.77. The first kappa shape index (κ1) is 15.8. The van der Waals surface area contributed by atoms with Gasteiger partial charge in [-0.15, -0.1) is 0 Å². The van der Waals surface area contributed by atoms with Gasteiger partial charge in [0.15, 0.2) is 0 Å². The zero-order chi connectivity index (χ0) is 14.5. The molecule has 0 saturated carbocycles. The van der Waals surface area contributed by atoms with Crippen LogP contribution in [-0.2, 0) is 6.42 Å². The fraction of sp³-hybridized carbons (Fsp3) is 0.600. The van der Waals surface area contributed by atoms with Gasteiger partial charge >= 0.3 is 0 Å². The number of anilines is 1. The van der Waals surface area contributed by atoms with Crippen molar-refractivity contribution in [2.75, 3.05) is 18.9 Å². The Morgan fingerprint density at radius 2 is 2.11 bits per heavy atom. The number of benzene rings is 1. The zero-order valence-electron chi connectivity index (χ0n) is 12.4. The summed E-state index contributed by atoms with van der Waals surface area (Å²) in [5.74, 6) is 0.738. The molecule has 0 aliphatic heterocycles. The van der Waals surface area contributed by atoms with E-state index < -0.39 is 0 Å². The predicted molar refractivity (Wildman–Crippen MR) is 79.5 cm³/mol. The van der Waals surface area contributed by atoms with Gasteiger partial charge in [-0.2, -0.15) is 0 Å². The Balaban J connectivity index is 2.65. The molecule has 0 bridgehead atoms. The first-order valence-electron chi connectivity index (χ1n) is 6.77. The number of hydrogen-bond donors (Lipinski definition) is 3. The van der Waals surface area contributed by atoms with E-state index in [1.807, 2.05) is 39.0 Å². The Morgan fingerprint density at radius 3 is 2.63 bits per heavy atom. The second-order valence-corrected chi connectivity index (χ2v) is 5.60. The summed E-state index contributed by atoms with van der Waals surface area (Å²) in [6.45, 7) is 8.74. The molecule has 4 heteroatoms. The van der Waals surface area contributed by atoms with Crippen molar-refractivity contribution in [2.24, 2.45) is 0 Å². The number of aliphatic hydroxyl groups excluding tert-OH is 1. The Kier molecular flexibility index (Phi) is 5.63. The van der Waals surface area contributed by atoms with Crippen LogP contribution in [0, 0.1) is 0 Å². The van der Waals surface area contributed by atoms with Crippen molar-refractivity contribution >= 4 is 5.69 Å². The van der Waals surface area contributed by atoms with Crippen molar-refractivity contribution in [3.05, 3.63) is 23.8 Å². The molecule has 0 amide bonds. The number of aliphatic hydroxyl groups is 1. The van der Waals surface area contributed by atoms with E-state index in [1.54, 1.807) is 0 Å². The average molecular weight is 266 g/mol. The highest BCUT2D eigenvalue weighted by Gasteiger charge is 2.18. The third kappa shape index (κ3) is 5.09. The molecule has 19 heavy (non-hydrogen) atoms. The maximum absolute atomic E-state index is 9.25. The molecule has 0 aliphatic rings. The fourth-order valence-corrected chi connectivity index (χ4v) is 2.13. The van der Waals surface area contributed by atoms with E-state index in [4.69, 9.17) is 10.5 Å². The van der Waals surface area contributed by atoms with Crippen LogP contribution in [0.5, 0.6) is 5.75 Å². The topological polar surface area (TPSA) is 67.5 Å². The van der Waals surface area contributed by atoms with E-state index in [0.717, 1.165) is 17.7 Å². The highest BCUT2D eigenvalue weighted by molar-refractivity contribution is 5.54. The molecule has 0 aliphatic carbocycles. The molecule has 0 fully saturated rings. The van der Waals surface area contributed by atoms with Gasteiger partial charge in [0.2, 0.25) is 0 Å². The van der Waals surface area contributed by atoms with E-state index in [9.17, 15) is 5.11 Å². The van der Waals surface area contributed by atoms with E-state index in [0.29, 0.717) is 12.3 Å². The number of nitrogens with two attached hydrogens (primary N) is 1. The second kappa shape index (κ2) is 6.78. The van der Waals surface area contributed by atoms with Crippen LogP contribution in [0.2, 0.25) is 0 Å². The summed E-state index contributed by atoms with van der Waals surface area (Å²) in [7, 11) is 0. The third-order valence-electron chi connectivity index (χ3n) is 2.95. The SMILES string of the molecule is CCOc1ccc(CC(C)NC(C)(C)CO)cc1N. The number of hydrogen-bond acceptors (Lipinski definition) is 4. The lowest BCUT2D eigenvalue weighted by molar-refractivity contribution is 0.177. The molecule has 4 nitrogen and oxygen atoms in total. The smallest absolute Gasteiger partial charge is 0.142 e. The highest BCUT2D eigenvalue weighted by Crippen LogP contribution is 2.23. The number of nitrogen functional groups attached to an aromatic ring is 1. The fourth-order valence-electron chi connectivity index (χ4n) is 2.13. The average Bonchev–Trinajstić information content (AvgIpc) is 2.32. The van der Waals surface area contributed by atoms with Crippen molar-refractivity contribution in [3.63, 3.8) is 0 Å². The van der Waals surface area contributed by atoms with Crippen LogP contribution in [0.25, 0.3) is 0 Å². The van der Waals surface area contributed by atoms with Crippen LogP contribution >= 0.6 is 0 Å². The molecule has 0 saturated heterocycles. The van der Waals surface area contributed by atoms with Gasteiger partial charge in [0.05, 0.1) is 18.9 Å². The third-order valence-corrected chi connectivity index (χ3v) is 2.95. The van der Waals surface area contributed by atoms with Gasteiger partial charge in [0, 0.05) is 11.6 Å². The molecular weight excluding hydrogens is 240 g/mol. The largest absolute Gasteiger partial charge is 0.492 e. The van der Waals surface area contributed by atoms with E-state index in [2.05, 4.69) is 12.2 Å². The maximum atomic E-state index is 9.25. The normalized spacial score (nSPS) is 13.3. The standard InChI is InChI=1S/C15H26N2O2/c1-5-19-14-7-6-12(9-13(14)16)8-11(2)17-15(3,4)10-18/h6-7,9,11,17-18H,5,8,10,16H2,1-4H3. The summed E-state index contributed by atoms with van der Waals surface area (Å²) >= 11 is 0. The Hall–Kier alpha value is -1.26. The van der Waals surface area contributed by atoms with E-state index >= 15 is 0 Å². The molecule has 1 aromatic carbocycles. The zero-order valence-corrected chi connectivity index (χ0v) is 12.4. The predicted octanol–water partition coefficient (Wildman–Crippen LogP) is 1.96.